The Bertz CT molecular complexity index is 565. The van der Waals surface area contributed by atoms with Crippen LogP contribution in [0.4, 0.5) is 0 Å². The Morgan fingerprint density at radius 2 is 2.40 bits per heavy atom. The van der Waals surface area contributed by atoms with Gasteiger partial charge in [0.05, 0.1) is 19.2 Å². The number of hydrogen-bond acceptors (Lipinski definition) is 4. The molecule has 104 valence electrons. The lowest BCUT2D eigenvalue weighted by atomic mass is 9.94. The van der Waals surface area contributed by atoms with Gasteiger partial charge in [-0.25, -0.2) is 0 Å². The molecule has 1 atom stereocenters. The molecule has 1 aromatic rings. The Hall–Kier alpha value is -1.90. The first-order chi connectivity index (χ1) is 9.79. The molecule has 2 aliphatic heterocycles. The number of morpholine rings is 1. The van der Waals surface area contributed by atoms with Gasteiger partial charge in [-0.1, -0.05) is 12.1 Å². The molecule has 3 rings (SSSR count). The van der Waals surface area contributed by atoms with Crippen molar-refractivity contribution in [3.8, 4) is 6.07 Å². The highest BCUT2D eigenvalue weighted by Crippen LogP contribution is 2.21. The normalized spacial score (nSPS) is 21.9. The van der Waals surface area contributed by atoms with E-state index in [9.17, 15) is 4.79 Å². The maximum absolute atomic E-state index is 12.7. The van der Waals surface area contributed by atoms with Gasteiger partial charge in [0.2, 0.25) is 0 Å². The predicted octanol–water partition coefficient (Wildman–Crippen LogP) is 0.697. The number of amides is 1. The molecule has 2 aliphatic rings. The molecule has 1 aromatic carbocycles. The van der Waals surface area contributed by atoms with Gasteiger partial charge in [0.15, 0.2) is 6.10 Å². The minimum Gasteiger partial charge on any atom is -0.360 e. The minimum absolute atomic E-state index is 0.0206. The summed E-state index contributed by atoms with van der Waals surface area (Å²) in [5.41, 5.74) is 3.13. The molecule has 1 N–H and O–H groups in total. The van der Waals surface area contributed by atoms with Crippen molar-refractivity contribution in [3.05, 3.63) is 34.9 Å². The van der Waals surface area contributed by atoms with Crippen LogP contribution in [-0.2, 0) is 17.7 Å². The van der Waals surface area contributed by atoms with E-state index in [1.54, 1.807) is 4.90 Å². The Morgan fingerprint density at radius 3 is 3.25 bits per heavy atom. The van der Waals surface area contributed by atoms with Crippen molar-refractivity contribution in [3.63, 3.8) is 0 Å². The Balaban J connectivity index is 1.86. The van der Waals surface area contributed by atoms with Gasteiger partial charge >= 0.3 is 0 Å². The average molecular weight is 271 g/mol. The molecule has 0 saturated carbocycles. The summed E-state index contributed by atoms with van der Waals surface area (Å²) in [5, 5.41) is 12.2. The number of carbonyl (C=O) groups excluding carboxylic acids is 1. The van der Waals surface area contributed by atoms with Crippen molar-refractivity contribution < 1.29 is 9.53 Å². The lowest BCUT2D eigenvalue weighted by Crippen LogP contribution is -2.45. The second kappa shape index (κ2) is 5.61. The van der Waals surface area contributed by atoms with Crippen molar-refractivity contribution in [2.75, 3.05) is 26.2 Å². The van der Waals surface area contributed by atoms with Crippen molar-refractivity contribution in [1.29, 1.82) is 5.26 Å². The zero-order chi connectivity index (χ0) is 13.9. The van der Waals surface area contributed by atoms with Crippen LogP contribution in [-0.4, -0.2) is 43.2 Å². The van der Waals surface area contributed by atoms with Gasteiger partial charge in [0.25, 0.3) is 5.91 Å². The number of rotatable bonds is 1. The predicted molar refractivity (Wildman–Crippen MR) is 73.1 cm³/mol. The van der Waals surface area contributed by atoms with Gasteiger partial charge < -0.3 is 15.0 Å². The van der Waals surface area contributed by atoms with Gasteiger partial charge in [-0.05, 0) is 30.2 Å². The summed E-state index contributed by atoms with van der Waals surface area (Å²) in [5.74, 6) is 0.0206. The number of carbonyl (C=O) groups is 1. The zero-order valence-corrected chi connectivity index (χ0v) is 11.3. The topological polar surface area (TPSA) is 65.4 Å². The number of hydrogen-bond donors (Lipinski definition) is 1. The van der Waals surface area contributed by atoms with Crippen LogP contribution in [0.3, 0.4) is 0 Å². The highest BCUT2D eigenvalue weighted by molar-refractivity contribution is 5.96. The SMILES string of the molecule is N#CC1CN(C(=O)c2cccc3c2CCNC3)CCO1. The number of nitriles is 1. The van der Waals surface area contributed by atoms with E-state index in [4.69, 9.17) is 10.00 Å². The average Bonchev–Trinajstić information content (AvgIpc) is 2.53. The summed E-state index contributed by atoms with van der Waals surface area (Å²) < 4.78 is 5.29. The number of benzene rings is 1. The smallest absolute Gasteiger partial charge is 0.254 e. The van der Waals surface area contributed by atoms with Gasteiger partial charge in [0, 0.05) is 18.7 Å². The van der Waals surface area contributed by atoms with Crippen molar-refractivity contribution in [1.82, 2.24) is 10.2 Å². The Kier molecular flexibility index (Phi) is 3.68. The lowest BCUT2D eigenvalue weighted by Gasteiger charge is -2.31. The van der Waals surface area contributed by atoms with Crippen molar-refractivity contribution in [2.24, 2.45) is 0 Å². The van der Waals surface area contributed by atoms with E-state index in [1.807, 2.05) is 12.1 Å². The van der Waals surface area contributed by atoms with E-state index in [1.165, 1.54) is 5.56 Å². The molecular weight excluding hydrogens is 254 g/mol. The van der Waals surface area contributed by atoms with Crippen LogP contribution in [0, 0.1) is 11.3 Å². The summed E-state index contributed by atoms with van der Waals surface area (Å²) in [6.45, 7) is 3.07. The molecule has 0 radical (unpaired) electrons. The number of fused-ring (bicyclic) bond motifs is 1. The van der Waals surface area contributed by atoms with E-state index in [2.05, 4.69) is 17.5 Å². The first-order valence-corrected chi connectivity index (χ1v) is 6.91. The van der Waals surface area contributed by atoms with Gasteiger partial charge in [-0.15, -0.1) is 0 Å². The Labute approximate surface area is 118 Å². The third-order valence-corrected chi connectivity index (χ3v) is 3.87. The molecule has 1 unspecified atom stereocenters. The standard InChI is InChI=1S/C15H17N3O2/c16-8-12-10-18(6-7-20-12)15(19)14-3-1-2-11-9-17-5-4-13(11)14/h1-3,12,17H,4-7,9-10H2. The number of ether oxygens (including phenoxy) is 1. The summed E-state index contributed by atoms with van der Waals surface area (Å²) in [4.78, 5) is 14.4. The summed E-state index contributed by atoms with van der Waals surface area (Å²) in [7, 11) is 0. The van der Waals surface area contributed by atoms with E-state index in [0.29, 0.717) is 19.7 Å². The van der Waals surface area contributed by atoms with E-state index in [0.717, 1.165) is 30.6 Å². The van der Waals surface area contributed by atoms with Crippen LogP contribution < -0.4 is 5.32 Å². The minimum atomic E-state index is -0.506. The summed E-state index contributed by atoms with van der Waals surface area (Å²) in [6, 6.07) is 7.97. The number of nitrogens with one attached hydrogen (secondary N) is 1. The third-order valence-electron chi connectivity index (χ3n) is 3.87. The molecular formula is C15H17N3O2. The monoisotopic (exact) mass is 271 g/mol. The van der Waals surface area contributed by atoms with Crippen molar-refractivity contribution in [2.45, 2.75) is 19.1 Å². The molecule has 1 amide bonds. The van der Waals surface area contributed by atoms with E-state index >= 15 is 0 Å². The van der Waals surface area contributed by atoms with Crippen LogP contribution in [0.5, 0.6) is 0 Å². The van der Waals surface area contributed by atoms with E-state index < -0.39 is 6.10 Å². The molecule has 0 spiro atoms. The van der Waals surface area contributed by atoms with Crippen LogP contribution >= 0.6 is 0 Å². The fraction of sp³-hybridized carbons (Fsp3) is 0.467. The quantitative estimate of drug-likeness (QED) is 0.816. The molecule has 20 heavy (non-hydrogen) atoms. The molecule has 1 fully saturated rings. The molecule has 1 saturated heterocycles. The second-order valence-corrected chi connectivity index (χ2v) is 5.11. The maximum atomic E-state index is 12.7. The molecule has 5 heteroatoms. The lowest BCUT2D eigenvalue weighted by molar-refractivity contribution is 0.00340. The first kappa shape index (κ1) is 13.1. The fourth-order valence-electron chi connectivity index (χ4n) is 2.81. The molecule has 0 aliphatic carbocycles. The summed E-state index contributed by atoms with van der Waals surface area (Å²) >= 11 is 0. The van der Waals surface area contributed by atoms with Gasteiger partial charge in [0.1, 0.15) is 0 Å². The highest BCUT2D eigenvalue weighted by atomic mass is 16.5. The number of nitrogens with zero attached hydrogens (tertiary/aromatic N) is 2. The molecule has 2 heterocycles. The Morgan fingerprint density at radius 1 is 1.50 bits per heavy atom. The van der Waals surface area contributed by atoms with Crippen LogP contribution in [0.25, 0.3) is 0 Å². The second-order valence-electron chi connectivity index (χ2n) is 5.11. The maximum Gasteiger partial charge on any atom is 0.254 e. The van der Waals surface area contributed by atoms with Gasteiger partial charge in [-0.2, -0.15) is 5.26 Å². The molecule has 0 aromatic heterocycles. The molecule has 0 bridgehead atoms. The van der Waals surface area contributed by atoms with Gasteiger partial charge in [-0.3, -0.25) is 4.79 Å². The van der Waals surface area contributed by atoms with E-state index in [-0.39, 0.29) is 5.91 Å². The zero-order valence-electron chi connectivity index (χ0n) is 11.3. The first-order valence-electron chi connectivity index (χ1n) is 6.91. The van der Waals surface area contributed by atoms with Crippen molar-refractivity contribution >= 4 is 5.91 Å². The largest absolute Gasteiger partial charge is 0.360 e. The van der Waals surface area contributed by atoms with Crippen LogP contribution in [0.1, 0.15) is 21.5 Å². The fourth-order valence-corrected chi connectivity index (χ4v) is 2.81. The van der Waals surface area contributed by atoms with Crippen LogP contribution in [0.15, 0.2) is 18.2 Å². The van der Waals surface area contributed by atoms with Crippen LogP contribution in [0.2, 0.25) is 0 Å². The third kappa shape index (κ3) is 2.40. The highest BCUT2D eigenvalue weighted by Gasteiger charge is 2.27. The summed E-state index contributed by atoms with van der Waals surface area (Å²) in [6.07, 6.45) is 0.373. The molecule has 5 nitrogen and oxygen atoms in total.